The Bertz CT molecular complexity index is 966. The van der Waals surface area contributed by atoms with Crippen LogP contribution in [0.4, 0.5) is 5.69 Å². The predicted molar refractivity (Wildman–Crippen MR) is 124 cm³/mol. The summed E-state index contributed by atoms with van der Waals surface area (Å²) in [5, 5.41) is 3.90. The van der Waals surface area contributed by atoms with Gasteiger partial charge in [0.05, 0.1) is 6.04 Å². The van der Waals surface area contributed by atoms with E-state index in [1.165, 1.54) is 36.1 Å². The fourth-order valence-corrected chi connectivity index (χ4v) is 7.06. The van der Waals surface area contributed by atoms with Gasteiger partial charge in [0.15, 0.2) is 0 Å². The molecule has 2 aromatic rings. The van der Waals surface area contributed by atoms with Crippen molar-refractivity contribution in [3.8, 4) is 0 Å². The van der Waals surface area contributed by atoms with Crippen LogP contribution in [0.25, 0.3) is 0 Å². The average molecular weight is 416 g/mol. The van der Waals surface area contributed by atoms with Crippen LogP contribution in [0.3, 0.4) is 0 Å². The number of piperazine rings is 1. The molecule has 1 N–H and O–H groups in total. The lowest BCUT2D eigenvalue weighted by molar-refractivity contribution is 0.0643. The molecule has 4 aliphatic rings. The van der Waals surface area contributed by atoms with Crippen molar-refractivity contribution < 1.29 is 4.79 Å². The lowest BCUT2D eigenvalue weighted by atomic mass is 9.68. The van der Waals surface area contributed by atoms with Crippen molar-refractivity contribution in [1.82, 2.24) is 9.80 Å². The predicted octanol–water partition coefficient (Wildman–Crippen LogP) is 4.76. The number of hydrogen-bond donors (Lipinski definition) is 1. The van der Waals surface area contributed by atoms with Gasteiger partial charge in [0.2, 0.25) is 0 Å². The fraction of sp³-hybridized carbons (Fsp3) is 0.519. The zero-order valence-electron chi connectivity index (χ0n) is 18.5. The van der Waals surface area contributed by atoms with Gasteiger partial charge in [0.1, 0.15) is 0 Å². The van der Waals surface area contributed by atoms with Crippen LogP contribution >= 0.6 is 0 Å². The van der Waals surface area contributed by atoms with Gasteiger partial charge in [-0.15, -0.1) is 0 Å². The van der Waals surface area contributed by atoms with E-state index in [2.05, 4.69) is 70.6 Å². The molecule has 1 amide bonds. The van der Waals surface area contributed by atoms with Gasteiger partial charge in [-0.05, 0) is 78.8 Å². The SMILES string of the molecule is CCN1CCN(C(=O)c2ccc3c(c2)[C@@H]2[C@H]4CC[C@@H](C4)[C@@H]2[C@@H](c2ccccc2)N3)CC1. The van der Waals surface area contributed by atoms with Crippen LogP contribution in [-0.4, -0.2) is 48.4 Å². The highest BCUT2D eigenvalue weighted by Gasteiger charge is 2.53. The van der Waals surface area contributed by atoms with Crippen LogP contribution in [0.5, 0.6) is 0 Å². The normalized spacial score (nSPS) is 31.8. The number of anilines is 1. The second kappa shape index (κ2) is 7.67. The van der Waals surface area contributed by atoms with E-state index in [1.54, 1.807) is 0 Å². The molecule has 0 aromatic heterocycles. The van der Waals surface area contributed by atoms with Gasteiger partial charge < -0.3 is 15.1 Å². The summed E-state index contributed by atoms with van der Waals surface area (Å²) in [5.74, 6) is 3.03. The first-order valence-electron chi connectivity index (χ1n) is 12.2. The molecule has 4 heteroatoms. The summed E-state index contributed by atoms with van der Waals surface area (Å²) in [7, 11) is 0. The number of fused-ring (bicyclic) bond motifs is 7. The molecule has 4 nitrogen and oxygen atoms in total. The molecule has 2 bridgehead atoms. The number of rotatable bonds is 3. The first kappa shape index (κ1) is 19.4. The molecule has 2 heterocycles. The Labute approximate surface area is 185 Å². The molecular weight excluding hydrogens is 382 g/mol. The molecule has 2 aliphatic carbocycles. The quantitative estimate of drug-likeness (QED) is 0.785. The third-order valence-corrected chi connectivity index (χ3v) is 8.60. The van der Waals surface area contributed by atoms with Crippen molar-refractivity contribution in [1.29, 1.82) is 0 Å². The van der Waals surface area contributed by atoms with Gasteiger partial charge in [-0.3, -0.25) is 4.79 Å². The molecule has 0 radical (unpaired) electrons. The Morgan fingerprint density at radius 1 is 1.00 bits per heavy atom. The molecule has 1 saturated heterocycles. The molecule has 2 aliphatic heterocycles. The summed E-state index contributed by atoms with van der Waals surface area (Å²) >= 11 is 0. The van der Waals surface area contributed by atoms with Crippen LogP contribution < -0.4 is 5.32 Å². The number of hydrogen-bond acceptors (Lipinski definition) is 3. The maximum absolute atomic E-state index is 13.3. The number of amides is 1. The van der Waals surface area contributed by atoms with Crippen molar-refractivity contribution in [3.05, 3.63) is 65.2 Å². The highest BCUT2D eigenvalue weighted by molar-refractivity contribution is 5.95. The number of nitrogens with zero attached hydrogens (tertiary/aromatic N) is 2. The van der Waals surface area contributed by atoms with Crippen molar-refractivity contribution in [2.24, 2.45) is 17.8 Å². The third-order valence-electron chi connectivity index (χ3n) is 8.60. The van der Waals surface area contributed by atoms with E-state index in [4.69, 9.17) is 0 Å². The summed E-state index contributed by atoms with van der Waals surface area (Å²) in [4.78, 5) is 17.8. The average Bonchev–Trinajstić information content (AvgIpc) is 3.46. The van der Waals surface area contributed by atoms with Crippen molar-refractivity contribution in [3.63, 3.8) is 0 Å². The molecule has 162 valence electrons. The number of likely N-dealkylation sites (N-methyl/N-ethyl adjacent to an activating group) is 1. The van der Waals surface area contributed by atoms with E-state index in [1.807, 2.05) is 0 Å². The van der Waals surface area contributed by atoms with Gasteiger partial charge >= 0.3 is 0 Å². The summed E-state index contributed by atoms with van der Waals surface area (Å²) in [6.07, 6.45) is 4.08. The molecule has 6 rings (SSSR count). The molecule has 31 heavy (non-hydrogen) atoms. The largest absolute Gasteiger partial charge is 0.378 e. The Morgan fingerprint density at radius 3 is 2.55 bits per heavy atom. The van der Waals surface area contributed by atoms with E-state index in [0.717, 1.165) is 50.1 Å². The van der Waals surface area contributed by atoms with Crippen LogP contribution in [0, 0.1) is 17.8 Å². The molecule has 2 saturated carbocycles. The highest BCUT2D eigenvalue weighted by Crippen LogP contribution is 2.63. The maximum atomic E-state index is 13.3. The van der Waals surface area contributed by atoms with Crippen LogP contribution in [0.2, 0.25) is 0 Å². The van der Waals surface area contributed by atoms with E-state index in [-0.39, 0.29) is 5.91 Å². The van der Waals surface area contributed by atoms with Crippen LogP contribution in [0.1, 0.15) is 59.6 Å². The first-order valence-corrected chi connectivity index (χ1v) is 12.2. The fourth-order valence-electron chi connectivity index (χ4n) is 7.06. The number of nitrogens with one attached hydrogen (secondary N) is 1. The van der Waals surface area contributed by atoms with Gasteiger partial charge in [0.25, 0.3) is 5.91 Å². The first-order chi connectivity index (χ1) is 15.2. The van der Waals surface area contributed by atoms with Crippen molar-refractivity contribution in [2.45, 2.75) is 38.1 Å². The maximum Gasteiger partial charge on any atom is 0.253 e. The van der Waals surface area contributed by atoms with E-state index in [0.29, 0.717) is 17.9 Å². The van der Waals surface area contributed by atoms with Gasteiger partial charge in [0, 0.05) is 37.4 Å². The summed E-state index contributed by atoms with van der Waals surface area (Å²) in [6.45, 7) is 6.93. The van der Waals surface area contributed by atoms with Gasteiger partial charge in [-0.2, -0.15) is 0 Å². The second-order valence-electron chi connectivity index (χ2n) is 10.00. The molecule has 2 aromatic carbocycles. The molecule has 0 spiro atoms. The summed E-state index contributed by atoms with van der Waals surface area (Å²) in [6, 6.07) is 17.9. The molecule has 5 atom stereocenters. The number of carbonyl (C=O) groups is 1. The van der Waals surface area contributed by atoms with Crippen LogP contribution in [0.15, 0.2) is 48.5 Å². The third kappa shape index (κ3) is 3.18. The van der Waals surface area contributed by atoms with Gasteiger partial charge in [-0.25, -0.2) is 0 Å². The summed E-state index contributed by atoms with van der Waals surface area (Å²) in [5.41, 5.74) is 4.94. The van der Waals surface area contributed by atoms with E-state index >= 15 is 0 Å². The Balaban J connectivity index is 1.32. The summed E-state index contributed by atoms with van der Waals surface area (Å²) < 4.78 is 0. The minimum atomic E-state index is 0.212. The molecular formula is C27H33N3O. The topological polar surface area (TPSA) is 35.6 Å². The minimum Gasteiger partial charge on any atom is -0.378 e. The van der Waals surface area contributed by atoms with Crippen LogP contribution in [-0.2, 0) is 0 Å². The lowest BCUT2D eigenvalue weighted by Gasteiger charge is -2.43. The monoisotopic (exact) mass is 415 g/mol. The zero-order valence-corrected chi connectivity index (χ0v) is 18.5. The molecule has 0 unspecified atom stereocenters. The van der Waals surface area contributed by atoms with Gasteiger partial charge in [-0.1, -0.05) is 37.3 Å². The smallest absolute Gasteiger partial charge is 0.253 e. The lowest BCUT2D eigenvalue weighted by Crippen LogP contribution is -2.48. The second-order valence-corrected chi connectivity index (χ2v) is 10.00. The number of benzene rings is 2. The highest BCUT2D eigenvalue weighted by atomic mass is 16.2. The minimum absolute atomic E-state index is 0.212. The Hall–Kier alpha value is -2.33. The van der Waals surface area contributed by atoms with E-state index in [9.17, 15) is 4.79 Å². The van der Waals surface area contributed by atoms with E-state index < -0.39 is 0 Å². The Morgan fingerprint density at radius 2 is 1.77 bits per heavy atom. The zero-order chi connectivity index (χ0) is 20.9. The van der Waals surface area contributed by atoms with Crippen molar-refractivity contribution >= 4 is 11.6 Å². The molecule has 3 fully saturated rings. The van der Waals surface area contributed by atoms with Crippen molar-refractivity contribution in [2.75, 3.05) is 38.0 Å². The number of carbonyl (C=O) groups excluding carboxylic acids is 1. The Kier molecular flexibility index (Phi) is 4.79. The standard InChI is InChI=1S/C27H33N3O/c1-2-29-12-14-30(15-13-29)27(31)21-10-11-23-22(17-21)24-19-8-9-20(16-19)25(24)26(28-23)18-6-4-3-5-7-18/h3-7,10-11,17,19-20,24-26,28H,2,8-9,12-16H2,1H3/t19-,20-,24-,25-,26+/m0/s1.